The number of carbonyl (C=O) groups is 1. The van der Waals surface area contributed by atoms with Gasteiger partial charge in [0.25, 0.3) is 5.91 Å². The zero-order valence-electron chi connectivity index (χ0n) is 18.3. The first-order valence-electron chi connectivity index (χ1n) is 10.8. The number of halogens is 2. The minimum Gasteiger partial charge on any atom is -0.370 e. The van der Waals surface area contributed by atoms with E-state index in [-0.39, 0.29) is 5.91 Å². The highest BCUT2D eigenvalue weighted by molar-refractivity contribution is 9.10. The lowest BCUT2D eigenvalue weighted by molar-refractivity contribution is 0.0799. The lowest BCUT2D eigenvalue weighted by atomic mass is 10.1. The number of nitrogens with zero attached hydrogens (tertiary/aromatic N) is 4. The largest absolute Gasteiger partial charge is 0.370 e. The molecule has 0 aliphatic heterocycles. The molecule has 0 aliphatic carbocycles. The van der Waals surface area contributed by atoms with Crippen LogP contribution in [0.2, 0.25) is 5.02 Å². The number of thiophene rings is 1. The van der Waals surface area contributed by atoms with E-state index in [1.165, 1.54) is 11.3 Å². The van der Waals surface area contributed by atoms with Crippen LogP contribution in [0.3, 0.4) is 0 Å². The predicted molar refractivity (Wildman–Crippen MR) is 143 cm³/mol. The molecule has 0 radical (unpaired) electrons. The van der Waals surface area contributed by atoms with Crippen molar-refractivity contribution in [3.8, 4) is 11.3 Å². The number of carbonyl (C=O) groups excluding carboxylic acids is 1. The molecule has 0 aliphatic rings. The smallest absolute Gasteiger partial charge is 0.263 e. The van der Waals surface area contributed by atoms with E-state index in [0.29, 0.717) is 23.8 Å². The van der Waals surface area contributed by atoms with Gasteiger partial charge in [-0.25, -0.2) is 4.98 Å². The van der Waals surface area contributed by atoms with E-state index in [4.69, 9.17) is 16.6 Å². The second kappa shape index (κ2) is 9.74. The molecule has 0 spiro atoms. The lowest BCUT2D eigenvalue weighted by Gasteiger charge is -2.17. The molecular weight excluding hydrogens is 534 g/mol. The predicted octanol–water partition coefficient (Wildman–Crippen LogP) is 6.60. The van der Waals surface area contributed by atoms with E-state index in [0.717, 1.165) is 42.9 Å². The summed E-state index contributed by atoms with van der Waals surface area (Å²) in [6.07, 6.45) is 2.50. The standard InChI is InChI=1S/C25H21BrClN5OS/c1-31(25(33)22-13-16-7-2-5-10-21(16)34-22)12-6-11-28-23-14-20(17-8-3-4-9-19(17)27)30-24-18(26)15-29-32(23)24/h2-5,7-10,13-15,28H,6,11-12H2,1H3. The molecule has 6 nitrogen and oxygen atoms in total. The third kappa shape index (κ3) is 4.53. The SMILES string of the molecule is CN(CCCNc1cc(-c2ccccc2Cl)nc2c(Br)cnn12)C(=O)c1cc2ccccc2s1. The van der Waals surface area contributed by atoms with Gasteiger partial charge in [0.1, 0.15) is 5.82 Å². The number of rotatable bonds is 7. The molecule has 0 saturated carbocycles. The fourth-order valence-corrected chi connectivity index (χ4v) is 5.42. The average molecular weight is 555 g/mol. The van der Waals surface area contributed by atoms with Gasteiger partial charge in [-0.2, -0.15) is 9.61 Å². The Morgan fingerprint density at radius 1 is 1.18 bits per heavy atom. The summed E-state index contributed by atoms with van der Waals surface area (Å²) in [4.78, 5) is 20.1. The zero-order valence-corrected chi connectivity index (χ0v) is 21.5. The molecule has 0 bridgehead atoms. The fourth-order valence-electron chi connectivity index (χ4n) is 3.78. The van der Waals surface area contributed by atoms with Crippen molar-refractivity contribution in [2.75, 3.05) is 25.5 Å². The molecule has 34 heavy (non-hydrogen) atoms. The van der Waals surface area contributed by atoms with Crippen LogP contribution in [-0.2, 0) is 0 Å². The first-order valence-corrected chi connectivity index (χ1v) is 12.8. The summed E-state index contributed by atoms with van der Waals surface area (Å²) < 4.78 is 3.69. The minimum absolute atomic E-state index is 0.0458. The van der Waals surface area contributed by atoms with Gasteiger partial charge in [0.15, 0.2) is 5.65 Å². The molecule has 5 aromatic rings. The number of benzene rings is 2. The number of nitrogens with one attached hydrogen (secondary N) is 1. The van der Waals surface area contributed by atoms with E-state index in [1.807, 2.05) is 67.7 Å². The van der Waals surface area contributed by atoms with Gasteiger partial charge in [0.05, 0.1) is 21.2 Å². The van der Waals surface area contributed by atoms with Crippen molar-refractivity contribution in [2.45, 2.75) is 6.42 Å². The van der Waals surface area contributed by atoms with Gasteiger partial charge >= 0.3 is 0 Å². The van der Waals surface area contributed by atoms with Crippen molar-refractivity contribution in [3.63, 3.8) is 0 Å². The molecule has 172 valence electrons. The van der Waals surface area contributed by atoms with Crippen LogP contribution >= 0.6 is 38.9 Å². The van der Waals surface area contributed by atoms with Crippen LogP contribution < -0.4 is 5.32 Å². The van der Waals surface area contributed by atoms with Crippen LogP contribution in [0, 0.1) is 0 Å². The first-order chi connectivity index (χ1) is 16.5. The van der Waals surface area contributed by atoms with Gasteiger partial charge in [0, 0.05) is 41.5 Å². The van der Waals surface area contributed by atoms with Crippen molar-refractivity contribution in [1.29, 1.82) is 0 Å². The number of fused-ring (bicyclic) bond motifs is 2. The summed E-state index contributed by atoms with van der Waals surface area (Å²) >= 11 is 11.5. The topological polar surface area (TPSA) is 62.5 Å². The Hall–Kier alpha value is -2.94. The van der Waals surface area contributed by atoms with Crippen LogP contribution in [0.4, 0.5) is 5.82 Å². The Kier molecular flexibility index (Phi) is 6.54. The molecule has 0 saturated heterocycles. The maximum atomic E-state index is 12.9. The number of hydrogen-bond acceptors (Lipinski definition) is 5. The highest BCUT2D eigenvalue weighted by atomic mass is 79.9. The summed E-state index contributed by atoms with van der Waals surface area (Å²) in [6, 6.07) is 19.6. The quantitative estimate of drug-likeness (QED) is 0.230. The van der Waals surface area contributed by atoms with Crippen LogP contribution in [0.5, 0.6) is 0 Å². The van der Waals surface area contributed by atoms with E-state index in [9.17, 15) is 4.79 Å². The van der Waals surface area contributed by atoms with Crippen molar-refractivity contribution in [1.82, 2.24) is 19.5 Å². The third-order valence-electron chi connectivity index (χ3n) is 5.54. The Labute approximate surface area is 214 Å². The van der Waals surface area contributed by atoms with Gasteiger partial charge in [-0.3, -0.25) is 4.79 Å². The summed E-state index contributed by atoms with van der Waals surface area (Å²) in [5.41, 5.74) is 2.33. The summed E-state index contributed by atoms with van der Waals surface area (Å²) in [6.45, 7) is 1.30. The monoisotopic (exact) mass is 553 g/mol. The van der Waals surface area contributed by atoms with Gasteiger partial charge in [-0.15, -0.1) is 11.3 Å². The molecule has 9 heteroatoms. The van der Waals surface area contributed by atoms with Crippen LogP contribution in [0.25, 0.3) is 27.0 Å². The maximum absolute atomic E-state index is 12.9. The molecule has 3 heterocycles. The van der Waals surface area contributed by atoms with Gasteiger partial charge < -0.3 is 10.2 Å². The van der Waals surface area contributed by atoms with Crippen molar-refractivity contribution < 1.29 is 4.79 Å². The molecule has 1 N–H and O–H groups in total. The van der Waals surface area contributed by atoms with Crippen molar-refractivity contribution in [2.24, 2.45) is 0 Å². The van der Waals surface area contributed by atoms with Crippen LogP contribution in [0.15, 0.2) is 71.3 Å². The molecule has 0 atom stereocenters. The second-order valence-corrected chi connectivity index (χ2v) is 10.2. The third-order valence-corrected chi connectivity index (χ3v) is 7.53. The number of amides is 1. The Balaban J connectivity index is 1.27. The molecule has 0 fully saturated rings. The van der Waals surface area contributed by atoms with Gasteiger partial charge in [0.2, 0.25) is 0 Å². The highest BCUT2D eigenvalue weighted by Crippen LogP contribution is 2.30. The summed E-state index contributed by atoms with van der Waals surface area (Å²) in [5.74, 6) is 0.855. The minimum atomic E-state index is 0.0458. The Morgan fingerprint density at radius 3 is 2.79 bits per heavy atom. The van der Waals surface area contributed by atoms with E-state index in [1.54, 1.807) is 15.6 Å². The van der Waals surface area contributed by atoms with E-state index in [2.05, 4.69) is 26.3 Å². The maximum Gasteiger partial charge on any atom is 0.263 e. The molecule has 0 unspecified atom stereocenters. The van der Waals surface area contributed by atoms with Crippen molar-refractivity contribution in [3.05, 3.63) is 81.2 Å². The van der Waals surface area contributed by atoms with Crippen molar-refractivity contribution >= 4 is 66.3 Å². The number of aromatic nitrogens is 3. The molecular formula is C25H21BrClN5OS. The number of hydrogen-bond donors (Lipinski definition) is 1. The van der Waals surface area contributed by atoms with E-state index >= 15 is 0 Å². The Bertz CT molecular complexity index is 1460. The molecule has 1 amide bonds. The number of anilines is 1. The second-order valence-electron chi connectivity index (χ2n) is 7.89. The van der Waals surface area contributed by atoms with Gasteiger partial charge in [-0.1, -0.05) is 48.0 Å². The molecule has 2 aromatic carbocycles. The Morgan fingerprint density at radius 2 is 1.97 bits per heavy atom. The van der Waals surface area contributed by atoms with Crippen LogP contribution in [-0.4, -0.2) is 45.5 Å². The first kappa shape index (κ1) is 22.8. The highest BCUT2D eigenvalue weighted by Gasteiger charge is 2.16. The van der Waals surface area contributed by atoms with Crippen LogP contribution in [0.1, 0.15) is 16.1 Å². The van der Waals surface area contributed by atoms with E-state index < -0.39 is 0 Å². The summed E-state index contributed by atoms with van der Waals surface area (Å²) in [5, 5.41) is 9.62. The molecule has 5 rings (SSSR count). The summed E-state index contributed by atoms with van der Waals surface area (Å²) in [7, 11) is 1.84. The zero-order chi connectivity index (χ0) is 23.7. The average Bonchev–Trinajstić information content (AvgIpc) is 3.45. The molecule has 3 aromatic heterocycles. The van der Waals surface area contributed by atoms with Gasteiger partial charge in [-0.05, 0) is 45.9 Å². The lowest BCUT2D eigenvalue weighted by Crippen LogP contribution is -2.28. The normalized spacial score (nSPS) is 11.3. The fraction of sp³-hybridized carbons (Fsp3) is 0.160.